The van der Waals surface area contributed by atoms with E-state index in [4.69, 9.17) is 15.3 Å². The lowest BCUT2D eigenvalue weighted by molar-refractivity contribution is -0.124. The van der Waals surface area contributed by atoms with E-state index >= 15 is 0 Å². The fourth-order valence-electron chi connectivity index (χ4n) is 0.827. The van der Waals surface area contributed by atoms with E-state index in [-0.39, 0.29) is 0 Å². The van der Waals surface area contributed by atoms with Gasteiger partial charge in [0, 0.05) is 0 Å². The zero-order valence-corrected chi connectivity index (χ0v) is 5.06. The zero-order chi connectivity index (χ0) is 7.02. The standard InChI is InChI=1S/C5H10O4/c1-2-3(6)4(7)5(8)9-2/h2-8H,1H3/t2-,3-,4+,5-/m0/s1. The summed E-state index contributed by atoms with van der Waals surface area (Å²) in [7, 11) is 0. The van der Waals surface area contributed by atoms with Crippen molar-refractivity contribution >= 4 is 0 Å². The van der Waals surface area contributed by atoms with E-state index in [0.29, 0.717) is 0 Å². The Morgan fingerprint density at radius 2 is 1.67 bits per heavy atom. The average molecular weight is 134 g/mol. The molecule has 0 amide bonds. The number of aliphatic hydroxyl groups excluding tert-OH is 3. The molecule has 9 heavy (non-hydrogen) atoms. The monoisotopic (exact) mass is 134 g/mol. The molecule has 1 fully saturated rings. The maximum absolute atomic E-state index is 8.90. The van der Waals surface area contributed by atoms with Crippen LogP contribution in [0, 0.1) is 0 Å². The van der Waals surface area contributed by atoms with Gasteiger partial charge in [-0.1, -0.05) is 0 Å². The second-order valence-corrected chi connectivity index (χ2v) is 2.21. The minimum Gasteiger partial charge on any atom is -0.388 e. The Labute approximate surface area is 52.7 Å². The Balaban J connectivity index is 2.54. The van der Waals surface area contributed by atoms with Gasteiger partial charge >= 0.3 is 0 Å². The number of ether oxygens (including phenoxy) is 1. The van der Waals surface area contributed by atoms with Gasteiger partial charge in [-0.2, -0.15) is 0 Å². The molecule has 4 atom stereocenters. The van der Waals surface area contributed by atoms with Crippen molar-refractivity contribution < 1.29 is 20.1 Å². The first-order valence-electron chi connectivity index (χ1n) is 2.82. The van der Waals surface area contributed by atoms with Crippen molar-refractivity contribution in [3.05, 3.63) is 0 Å². The Bertz CT molecular complexity index is 93.1. The molecule has 0 aromatic rings. The summed E-state index contributed by atoms with van der Waals surface area (Å²) in [5.41, 5.74) is 0. The quantitative estimate of drug-likeness (QED) is 0.375. The highest BCUT2D eigenvalue weighted by Gasteiger charge is 2.38. The van der Waals surface area contributed by atoms with Crippen LogP contribution in [0.2, 0.25) is 0 Å². The molecule has 0 aromatic heterocycles. The van der Waals surface area contributed by atoms with Gasteiger partial charge in [0.15, 0.2) is 6.29 Å². The molecule has 0 unspecified atom stereocenters. The van der Waals surface area contributed by atoms with Crippen LogP contribution in [-0.2, 0) is 4.74 Å². The van der Waals surface area contributed by atoms with E-state index in [1.165, 1.54) is 0 Å². The van der Waals surface area contributed by atoms with Crippen LogP contribution < -0.4 is 0 Å². The van der Waals surface area contributed by atoms with Crippen molar-refractivity contribution in [2.24, 2.45) is 0 Å². The summed E-state index contributed by atoms with van der Waals surface area (Å²) in [6, 6.07) is 0. The highest BCUT2D eigenvalue weighted by molar-refractivity contribution is 4.82. The van der Waals surface area contributed by atoms with Gasteiger partial charge in [0.25, 0.3) is 0 Å². The fourth-order valence-corrected chi connectivity index (χ4v) is 0.827. The van der Waals surface area contributed by atoms with Crippen LogP contribution in [0.5, 0.6) is 0 Å². The maximum atomic E-state index is 8.90. The summed E-state index contributed by atoms with van der Waals surface area (Å²) in [4.78, 5) is 0. The summed E-state index contributed by atoms with van der Waals surface area (Å²) in [6.45, 7) is 1.59. The molecular weight excluding hydrogens is 124 g/mol. The zero-order valence-electron chi connectivity index (χ0n) is 5.06. The molecule has 1 heterocycles. The predicted molar refractivity (Wildman–Crippen MR) is 28.6 cm³/mol. The minimum atomic E-state index is -1.23. The molecule has 0 aliphatic carbocycles. The molecule has 0 aromatic carbocycles. The first-order chi connectivity index (χ1) is 4.13. The van der Waals surface area contributed by atoms with E-state index in [2.05, 4.69) is 4.74 Å². The van der Waals surface area contributed by atoms with E-state index in [9.17, 15) is 0 Å². The third-order valence-electron chi connectivity index (χ3n) is 1.48. The van der Waals surface area contributed by atoms with Crippen LogP contribution in [0.3, 0.4) is 0 Å². The molecule has 4 nitrogen and oxygen atoms in total. The molecule has 3 N–H and O–H groups in total. The van der Waals surface area contributed by atoms with Gasteiger partial charge in [-0.3, -0.25) is 0 Å². The Kier molecular flexibility index (Phi) is 1.72. The van der Waals surface area contributed by atoms with Crippen molar-refractivity contribution in [2.75, 3.05) is 0 Å². The molecule has 0 saturated carbocycles. The van der Waals surface area contributed by atoms with Crippen LogP contribution >= 0.6 is 0 Å². The summed E-state index contributed by atoms with van der Waals surface area (Å²) in [5, 5.41) is 26.4. The summed E-state index contributed by atoms with van der Waals surface area (Å²) < 4.78 is 4.64. The molecule has 0 bridgehead atoms. The van der Waals surface area contributed by atoms with E-state index in [1.807, 2.05) is 0 Å². The summed E-state index contributed by atoms with van der Waals surface area (Å²) in [6.07, 6.45) is -3.81. The molecule has 1 aliphatic rings. The lowest BCUT2D eigenvalue weighted by Crippen LogP contribution is -2.31. The number of rotatable bonds is 0. The lowest BCUT2D eigenvalue weighted by Gasteiger charge is -2.07. The average Bonchev–Trinajstić information content (AvgIpc) is 1.98. The normalized spacial score (nSPS) is 52.0. The minimum absolute atomic E-state index is 0.477. The molecule has 0 radical (unpaired) electrons. The smallest absolute Gasteiger partial charge is 0.183 e. The topological polar surface area (TPSA) is 69.9 Å². The maximum Gasteiger partial charge on any atom is 0.183 e. The second kappa shape index (κ2) is 2.22. The largest absolute Gasteiger partial charge is 0.388 e. The van der Waals surface area contributed by atoms with Gasteiger partial charge in [-0.15, -0.1) is 0 Å². The van der Waals surface area contributed by atoms with Gasteiger partial charge in [0.1, 0.15) is 12.2 Å². The summed E-state index contributed by atoms with van der Waals surface area (Å²) in [5.74, 6) is 0. The molecular formula is C5H10O4. The highest BCUT2D eigenvalue weighted by atomic mass is 16.6. The molecule has 1 saturated heterocycles. The molecule has 1 aliphatic heterocycles. The van der Waals surface area contributed by atoms with Gasteiger partial charge in [-0.05, 0) is 6.92 Å². The molecule has 0 spiro atoms. The van der Waals surface area contributed by atoms with Gasteiger partial charge in [0.05, 0.1) is 6.10 Å². The molecule has 1 rings (SSSR count). The van der Waals surface area contributed by atoms with E-state index in [1.54, 1.807) is 6.92 Å². The first kappa shape index (κ1) is 6.95. The van der Waals surface area contributed by atoms with Gasteiger partial charge in [-0.25, -0.2) is 0 Å². The van der Waals surface area contributed by atoms with Crippen molar-refractivity contribution in [1.29, 1.82) is 0 Å². The Morgan fingerprint density at radius 3 is 1.78 bits per heavy atom. The van der Waals surface area contributed by atoms with E-state index in [0.717, 1.165) is 0 Å². The Morgan fingerprint density at radius 1 is 1.11 bits per heavy atom. The van der Waals surface area contributed by atoms with Crippen molar-refractivity contribution in [2.45, 2.75) is 31.5 Å². The van der Waals surface area contributed by atoms with E-state index < -0.39 is 24.6 Å². The number of hydrogen-bond acceptors (Lipinski definition) is 4. The molecule has 4 heteroatoms. The van der Waals surface area contributed by atoms with Crippen molar-refractivity contribution in [3.8, 4) is 0 Å². The van der Waals surface area contributed by atoms with Crippen molar-refractivity contribution in [3.63, 3.8) is 0 Å². The number of aliphatic hydroxyl groups is 3. The van der Waals surface area contributed by atoms with Crippen LogP contribution in [0.1, 0.15) is 6.92 Å². The highest BCUT2D eigenvalue weighted by Crippen LogP contribution is 2.18. The van der Waals surface area contributed by atoms with Crippen LogP contribution in [0.4, 0.5) is 0 Å². The van der Waals surface area contributed by atoms with Crippen LogP contribution in [0.15, 0.2) is 0 Å². The summed E-state index contributed by atoms with van der Waals surface area (Å²) >= 11 is 0. The molecule has 54 valence electrons. The second-order valence-electron chi connectivity index (χ2n) is 2.21. The number of hydrogen-bond donors (Lipinski definition) is 3. The van der Waals surface area contributed by atoms with Gasteiger partial charge in [0.2, 0.25) is 0 Å². The fraction of sp³-hybridized carbons (Fsp3) is 1.00. The van der Waals surface area contributed by atoms with Crippen LogP contribution in [0.25, 0.3) is 0 Å². The van der Waals surface area contributed by atoms with Crippen LogP contribution in [-0.4, -0.2) is 39.9 Å². The van der Waals surface area contributed by atoms with Gasteiger partial charge < -0.3 is 20.1 Å². The third-order valence-corrected chi connectivity index (χ3v) is 1.48. The first-order valence-corrected chi connectivity index (χ1v) is 2.82. The third kappa shape index (κ3) is 1.07. The Hall–Kier alpha value is -0.160. The predicted octanol–water partition coefficient (Wildman–Crippen LogP) is -1.55. The lowest BCUT2D eigenvalue weighted by atomic mass is 10.2. The SMILES string of the molecule is C[C@@H]1O[C@H](O)[C@H](O)[C@H]1O. The van der Waals surface area contributed by atoms with Crippen molar-refractivity contribution in [1.82, 2.24) is 0 Å².